The van der Waals surface area contributed by atoms with Gasteiger partial charge in [0.1, 0.15) is 0 Å². The van der Waals surface area contributed by atoms with Crippen LogP contribution in [0.4, 0.5) is 0 Å². The van der Waals surface area contributed by atoms with Gasteiger partial charge in [-0.2, -0.15) is 0 Å². The van der Waals surface area contributed by atoms with Crippen LogP contribution < -0.4 is 0 Å². The molecule has 0 spiro atoms. The van der Waals surface area contributed by atoms with Crippen LogP contribution in [0, 0.1) is 6.42 Å². The van der Waals surface area contributed by atoms with E-state index in [0.29, 0.717) is 0 Å². The second-order valence-electron chi connectivity index (χ2n) is 8.98. The lowest BCUT2D eigenvalue weighted by Gasteiger charge is -2.09. The number of benzene rings is 6. The van der Waals surface area contributed by atoms with Crippen LogP contribution >= 0.6 is 0 Å². The van der Waals surface area contributed by atoms with Crippen molar-refractivity contribution in [1.82, 2.24) is 4.98 Å². The third-order valence-electron chi connectivity index (χ3n) is 6.74. The van der Waals surface area contributed by atoms with Crippen LogP contribution in [0.2, 0.25) is 0 Å². The molecule has 7 aromatic rings. The number of fused-ring (bicyclic) bond motifs is 9. The van der Waals surface area contributed by atoms with E-state index in [4.69, 9.17) is 0 Å². The lowest BCUT2D eigenvalue weighted by Crippen LogP contribution is -1.81. The molecular formula is C36H26N. The summed E-state index contributed by atoms with van der Waals surface area (Å²) in [6.45, 7) is 0. The highest BCUT2D eigenvalue weighted by Crippen LogP contribution is 2.37. The first kappa shape index (κ1) is 22.7. The molecule has 1 nitrogen and oxygen atoms in total. The highest BCUT2D eigenvalue weighted by atomic mass is 14.6. The Labute approximate surface area is 217 Å². The Kier molecular flexibility index (Phi) is 6.43. The fourth-order valence-electron chi connectivity index (χ4n) is 5.07. The Bertz CT molecular complexity index is 1510. The molecule has 1 heteroatoms. The van der Waals surface area contributed by atoms with Gasteiger partial charge < -0.3 is 0 Å². The molecule has 0 unspecified atom stereocenters. The fraction of sp³-hybridized carbons (Fsp3) is 0. The van der Waals surface area contributed by atoms with Gasteiger partial charge in [-0.05, 0) is 66.7 Å². The van der Waals surface area contributed by atoms with Crippen LogP contribution in [0.3, 0.4) is 0 Å². The normalized spacial score (nSPS) is 11.1. The summed E-state index contributed by atoms with van der Waals surface area (Å²) in [4.78, 5) is 3.78. The van der Waals surface area contributed by atoms with Gasteiger partial charge in [-0.25, -0.2) is 0 Å². The Balaban J connectivity index is 0.000000115. The van der Waals surface area contributed by atoms with Crippen molar-refractivity contribution in [2.75, 3.05) is 0 Å². The topological polar surface area (TPSA) is 12.9 Å². The van der Waals surface area contributed by atoms with Gasteiger partial charge in [0.2, 0.25) is 0 Å². The average molecular weight is 473 g/mol. The zero-order valence-electron chi connectivity index (χ0n) is 20.5. The van der Waals surface area contributed by atoms with E-state index in [0.717, 1.165) is 0 Å². The third kappa shape index (κ3) is 4.60. The zero-order chi connectivity index (χ0) is 24.9. The summed E-state index contributed by atoms with van der Waals surface area (Å²) in [5.41, 5.74) is 5.39. The summed E-state index contributed by atoms with van der Waals surface area (Å²) < 4.78 is 0. The lowest BCUT2D eigenvalue weighted by molar-refractivity contribution is 1.33. The smallest absolute Gasteiger partial charge is 0.0267 e. The Hall–Kier alpha value is -4.75. The van der Waals surface area contributed by atoms with Gasteiger partial charge in [-0.3, -0.25) is 4.98 Å². The minimum Gasteiger partial charge on any atom is -0.265 e. The number of rotatable bonds is 0. The molecule has 0 bridgehead atoms. The van der Waals surface area contributed by atoms with Crippen molar-refractivity contribution < 1.29 is 0 Å². The van der Waals surface area contributed by atoms with Crippen molar-refractivity contribution in [2.24, 2.45) is 0 Å². The maximum atomic E-state index is 3.78. The zero-order valence-corrected chi connectivity index (χ0v) is 20.5. The number of nitrogens with zero attached hydrogens (tertiary/aromatic N) is 1. The van der Waals surface area contributed by atoms with Crippen LogP contribution in [-0.2, 0) is 0 Å². The molecule has 6 aromatic carbocycles. The van der Waals surface area contributed by atoms with Crippen LogP contribution in [0.15, 0.2) is 152 Å². The van der Waals surface area contributed by atoms with E-state index in [1.807, 2.05) is 18.2 Å². The predicted molar refractivity (Wildman–Crippen MR) is 158 cm³/mol. The molecule has 1 aliphatic rings. The van der Waals surface area contributed by atoms with Gasteiger partial charge in [0.05, 0.1) is 0 Å². The molecule has 0 amide bonds. The minimum atomic E-state index is 1.34. The van der Waals surface area contributed by atoms with Crippen molar-refractivity contribution in [2.45, 2.75) is 0 Å². The first-order chi connectivity index (χ1) is 18.4. The van der Waals surface area contributed by atoms with Crippen LogP contribution in [-0.4, -0.2) is 4.98 Å². The summed E-state index contributed by atoms with van der Waals surface area (Å²) in [6, 6.07) is 48.7. The first-order valence-corrected chi connectivity index (χ1v) is 12.6. The largest absolute Gasteiger partial charge is 0.265 e. The predicted octanol–water partition coefficient (Wildman–Crippen LogP) is 9.50. The van der Waals surface area contributed by atoms with E-state index < -0.39 is 0 Å². The van der Waals surface area contributed by atoms with Crippen LogP contribution in [0.25, 0.3) is 43.4 Å². The molecule has 175 valence electrons. The molecule has 0 atom stereocenters. The van der Waals surface area contributed by atoms with E-state index in [1.54, 1.807) is 12.4 Å². The third-order valence-corrected chi connectivity index (χ3v) is 6.74. The molecule has 1 aliphatic carbocycles. The fourth-order valence-corrected chi connectivity index (χ4v) is 5.07. The number of pyridine rings is 1. The van der Waals surface area contributed by atoms with E-state index in [1.165, 1.54) is 54.6 Å². The van der Waals surface area contributed by atoms with Crippen molar-refractivity contribution in [3.63, 3.8) is 0 Å². The van der Waals surface area contributed by atoms with Gasteiger partial charge >= 0.3 is 0 Å². The molecule has 1 aromatic heterocycles. The highest BCUT2D eigenvalue weighted by molar-refractivity contribution is 6.25. The molecule has 0 N–H and O–H groups in total. The maximum absolute atomic E-state index is 3.78. The van der Waals surface area contributed by atoms with Crippen molar-refractivity contribution in [3.8, 4) is 11.1 Å². The van der Waals surface area contributed by atoms with E-state index in [9.17, 15) is 0 Å². The first-order valence-electron chi connectivity index (χ1n) is 12.6. The van der Waals surface area contributed by atoms with Gasteiger partial charge in [-0.1, -0.05) is 127 Å². The Morgan fingerprint density at radius 2 is 0.622 bits per heavy atom. The number of aromatic nitrogens is 1. The lowest BCUT2D eigenvalue weighted by atomic mass is 9.95. The number of hydrogen-bond donors (Lipinski definition) is 0. The quantitative estimate of drug-likeness (QED) is 0.200. The molecule has 0 saturated carbocycles. The monoisotopic (exact) mass is 472 g/mol. The van der Waals surface area contributed by atoms with E-state index in [-0.39, 0.29) is 0 Å². The second-order valence-corrected chi connectivity index (χ2v) is 8.98. The second kappa shape index (κ2) is 10.5. The molecule has 1 heterocycles. The summed E-state index contributed by atoms with van der Waals surface area (Å²) in [5.74, 6) is 0. The molecule has 0 saturated heterocycles. The summed E-state index contributed by atoms with van der Waals surface area (Å²) in [6.07, 6.45) is 5.74. The van der Waals surface area contributed by atoms with Crippen LogP contribution in [0.5, 0.6) is 0 Å². The van der Waals surface area contributed by atoms with Crippen molar-refractivity contribution in [1.29, 1.82) is 0 Å². The Morgan fingerprint density at radius 3 is 0.919 bits per heavy atom. The van der Waals surface area contributed by atoms with E-state index in [2.05, 4.69) is 133 Å². The standard InChI is InChI=1S/C18H12.C13H9.C5H5N/c1-2-8-14-13(7-1)15-9-3-4-11-17(15)18-12-6-5-10-16(14)18;1-3-7-12-10(5-1)9-11-6-2-4-8-13(11)12;1-2-4-6-5-3-1/h1-12H;1-9H;1-5H. The molecule has 8 rings (SSSR count). The molecule has 0 aliphatic heterocycles. The summed E-state index contributed by atoms with van der Waals surface area (Å²) >= 11 is 0. The SMILES string of the molecule is [CH]1c2ccccc2-c2ccccc21.c1ccc2c(c1)c1ccccc1c1ccccc21.c1ccncc1. The maximum Gasteiger partial charge on any atom is 0.0267 e. The number of hydrogen-bond acceptors (Lipinski definition) is 1. The van der Waals surface area contributed by atoms with Crippen molar-refractivity contribution >= 4 is 32.3 Å². The minimum absolute atomic E-state index is 1.34. The van der Waals surface area contributed by atoms with E-state index >= 15 is 0 Å². The Morgan fingerprint density at radius 1 is 0.297 bits per heavy atom. The summed E-state index contributed by atoms with van der Waals surface area (Å²) in [7, 11) is 0. The summed E-state index contributed by atoms with van der Waals surface area (Å²) in [5, 5.41) is 8.04. The highest BCUT2D eigenvalue weighted by Gasteiger charge is 2.16. The molecule has 0 fully saturated rings. The van der Waals surface area contributed by atoms with Gasteiger partial charge in [0, 0.05) is 18.8 Å². The van der Waals surface area contributed by atoms with Crippen LogP contribution in [0.1, 0.15) is 11.1 Å². The van der Waals surface area contributed by atoms with Gasteiger partial charge in [0.15, 0.2) is 0 Å². The average Bonchev–Trinajstić information content (AvgIpc) is 3.38. The molecule has 37 heavy (non-hydrogen) atoms. The van der Waals surface area contributed by atoms with Crippen molar-refractivity contribution in [3.05, 3.63) is 169 Å². The molecule has 1 radical (unpaired) electrons. The van der Waals surface area contributed by atoms with Gasteiger partial charge in [-0.15, -0.1) is 0 Å². The molecular weight excluding hydrogens is 446 g/mol. The van der Waals surface area contributed by atoms with Gasteiger partial charge in [0.25, 0.3) is 0 Å².